The lowest BCUT2D eigenvalue weighted by Gasteiger charge is -2.33. The molecule has 1 spiro atoms. The van der Waals surface area contributed by atoms with E-state index in [0.717, 1.165) is 50.0 Å². The summed E-state index contributed by atoms with van der Waals surface area (Å²) in [5, 5.41) is 11.0. The Labute approximate surface area is 147 Å². The smallest absolute Gasteiger partial charge is 0.237 e. The Morgan fingerprint density at radius 1 is 1.35 bits per heavy atom. The van der Waals surface area contributed by atoms with Crippen molar-refractivity contribution in [1.82, 2.24) is 16.0 Å². The average Bonchev–Trinajstić information content (AvgIpc) is 2.90. The van der Waals surface area contributed by atoms with Gasteiger partial charge in [-0.25, -0.2) is 0 Å². The van der Waals surface area contributed by atoms with Crippen molar-refractivity contribution in [3.63, 3.8) is 0 Å². The van der Waals surface area contributed by atoms with Gasteiger partial charge in [0.1, 0.15) is 0 Å². The summed E-state index contributed by atoms with van der Waals surface area (Å²) >= 11 is 12.2. The summed E-state index contributed by atoms with van der Waals surface area (Å²) < 4.78 is 0. The minimum atomic E-state index is -0.0977. The lowest BCUT2D eigenvalue weighted by molar-refractivity contribution is -0.123. The minimum absolute atomic E-state index is 0.0609. The molecule has 0 bridgehead atoms. The van der Waals surface area contributed by atoms with E-state index in [4.69, 9.17) is 23.2 Å². The molecule has 2 saturated heterocycles. The van der Waals surface area contributed by atoms with E-state index in [1.54, 1.807) is 6.07 Å². The van der Waals surface area contributed by atoms with Crippen molar-refractivity contribution >= 4 is 29.1 Å². The van der Waals surface area contributed by atoms with Gasteiger partial charge >= 0.3 is 0 Å². The molecule has 0 saturated carbocycles. The number of rotatable bonds is 3. The first-order valence-electron chi connectivity index (χ1n) is 8.15. The quantitative estimate of drug-likeness (QED) is 0.781. The number of nitrogens with one attached hydrogen (secondary N) is 3. The maximum absolute atomic E-state index is 12.5. The van der Waals surface area contributed by atoms with E-state index < -0.39 is 0 Å². The van der Waals surface area contributed by atoms with Crippen LogP contribution < -0.4 is 16.0 Å². The Balaban J connectivity index is 1.58. The standard InChI is InChI=1S/C17H23Cl2N3O/c1-11-6-12(18)7-14(19)13(11)9-21-16(23)15-8-17(10-22-15)2-4-20-5-3-17/h6-7,15,20,22H,2-5,8-10H2,1H3,(H,21,23)/t15-/m1/s1. The van der Waals surface area contributed by atoms with Crippen molar-refractivity contribution in [2.45, 2.75) is 38.8 Å². The third kappa shape index (κ3) is 3.82. The Morgan fingerprint density at radius 3 is 2.78 bits per heavy atom. The number of carbonyl (C=O) groups is 1. The zero-order valence-electron chi connectivity index (χ0n) is 13.3. The van der Waals surface area contributed by atoms with Gasteiger partial charge < -0.3 is 16.0 Å². The Morgan fingerprint density at radius 2 is 2.09 bits per heavy atom. The van der Waals surface area contributed by atoms with Gasteiger partial charge in [-0.1, -0.05) is 23.2 Å². The van der Waals surface area contributed by atoms with Crippen molar-refractivity contribution in [1.29, 1.82) is 0 Å². The summed E-state index contributed by atoms with van der Waals surface area (Å²) in [5.74, 6) is 0.0609. The number of hydrogen-bond donors (Lipinski definition) is 3. The second kappa shape index (κ2) is 6.98. The Hall–Kier alpha value is -0.810. The zero-order chi connectivity index (χ0) is 16.4. The van der Waals surface area contributed by atoms with Crippen LogP contribution in [-0.4, -0.2) is 31.6 Å². The molecule has 0 aliphatic carbocycles. The fourth-order valence-electron chi connectivity index (χ4n) is 3.70. The minimum Gasteiger partial charge on any atom is -0.351 e. The summed E-state index contributed by atoms with van der Waals surface area (Å²) in [6.07, 6.45) is 3.21. The molecule has 0 unspecified atom stereocenters. The maximum atomic E-state index is 12.5. The van der Waals surface area contributed by atoms with E-state index in [9.17, 15) is 4.79 Å². The number of halogens is 2. The van der Waals surface area contributed by atoms with Gasteiger partial charge in [-0.2, -0.15) is 0 Å². The fourth-order valence-corrected chi connectivity index (χ4v) is 4.36. The van der Waals surface area contributed by atoms with Crippen molar-refractivity contribution < 1.29 is 4.79 Å². The van der Waals surface area contributed by atoms with Crippen LogP contribution >= 0.6 is 23.2 Å². The molecule has 6 heteroatoms. The average molecular weight is 356 g/mol. The Bertz CT molecular complexity index is 576. The van der Waals surface area contributed by atoms with Crippen molar-refractivity contribution in [2.75, 3.05) is 19.6 Å². The van der Waals surface area contributed by atoms with Crippen molar-refractivity contribution in [3.8, 4) is 0 Å². The molecule has 1 atom stereocenters. The van der Waals surface area contributed by atoms with Crippen LogP contribution in [0.15, 0.2) is 12.1 Å². The number of hydrogen-bond acceptors (Lipinski definition) is 3. The monoisotopic (exact) mass is 355 g/mol. The molecule has 23 heavy (non-hydrogen) atoms. The lowest BCUT2D eigenvalue weighted by atomic mass is 9.77. The number of aryl methyl sites for hydroxylation is 1. The maximum Gasteiger partial charge on any atom is 0.237 e. The highest BCUT2D eigenvalue weighted by Crippen LogP contribution is 2.37. The number of piperidine rings is 1. The first kappa shape index (κ1) is 17.0. The van der Waals surface area contributed by atoms with Crippen LogP contribution in [0.3, 0.4) is 0 Å². The molecule has 2 aliphatic rings. The second-order valence-corrected chi connectivity index (χ2v) is 7.63. The predicted molar refractivity (Wildman–Crippen MR) is 94.0 cm³/mol. The molecule has 3 rings (SSSR count). The van der Waals surface area contributed by atoms with Crippen molar-refractivity contribution in [3.05, 3.63) is 33.3 Å². The molecule has 2 heterocycles. The van der Waals surface area contributed by atoms with Crippen LogP contribution in [-0.2, 0) is 11.3 Å². The van der Waals surface area contributed by atoms with E-state index in [1.807, 2.05) is 13.0 Å². The van der Waals surface area contributed by atoms with Gasteiger partial charge in [0, 0.05) is 23.1 Å². The molecule has 0 radical (unpaired) electrons. The predicted octanol–water partition coefficient (Wildman–Crippen LogP) is 2.65. The van der Waals surface area contributed by atoms with Crippen molar-refractivity contribution in [2.24, 2.45) is 5.41 Å². The second-order valence-electron chi connectivity index (χ2n) is 6.79. The topological polar surface area (TPSA) is 53.2 Å². The number of benzene rings is 1. The summed E-state index contributed by atoms with van der Waals surface area (Å²) in [4.78, 5) is 12.5. The van der Waals surface area contributed by atoms with Crippen LogP contribution in [0, 0.1) is 12.3 Å². The third-order valence-electron chi connectivity index (χ3n) is 5.16. The highest BCUT2D eigenvalue weighted by atomic mass is 35.5. The van der Waals surface area contributed by atoms with Crippen LogP contribution in [0.25, 0.3) is 0 Å². The molecule has 1 aromatic rings. The van der Waals surface area contributed by atoms with Gasteiger partial charge in [0.05, 0.1) is 6.04 Å². The summed E-state index contributed by atoms with van der Waals surface area (Å²) in [6, 6.07) is 3.49. The van der Waals surface area contributed by atoms with Crippen LogP contribution in [0.4, 0.5) is 0 Å². The van der Waals surface area contributed by atoms with Gasteiger partial charge in [-0.3, -0.25) is 4.79 Å². The van der Waals surface area contributed by atoms with Gasteiger partial charge in [0.15, 0.2) is 0 Å². The van der Waals surface area contributed by atoms with Gasteiger partial charge in [-0.15, -0.1) is 0 Å². The molecule has 3 N–H and O–H groups in total. The lowest BCUT2D eigenvalue weighted by Crippen LogP contribution is -2.40. The van der Waals surface area contributed by atoms with E-state index in [-0.39, 0.29) is 11.9 Å². The molecular weight excluding hydrogens is 333 g/mol. The third-order valence-corrected chi connectivity index (χ3v) is 5.72. The first-order valence-corrected chi connectivity index (χ1v) is 8.91. The largest absolute Gasteiger partial charge is 0.351 e. The van der Waals surface area contributed by atoms with E-state index in [1.165, 1.54) is 0 Å². The van der Waals surface area contributed by atoms with Crippen LogP contribution in [0.2, 0.25) is 10.0 Å². The van der Waals surface area contributed by atoms with Gasteiger partial charge in [-0.05, 0) is 68.0 Å². The van der Waals surface area contributed by atoms with Gasteiger partial charge in [0.25, 0.3) is 0 Å². The molecule has 2 aliphatic heterocycles. The molecule has 1 amide bonds. The highest BCUT2D eigenvalue weighted by molar-refractivity contribution is 6.35. The summed E-state index contributed by atoms with van der Waals surface area (Å²) in [7, 11) is 0. The summed E-state index contributed by atoms with van der Waals surface area (Å²) in [6.45, 7) is 5.43. The van der Waals surface area contributed by atoms with E-state index in [0.29, 0.717) is 22.0 Å². The van der Waals surface area contributed by atoms with Crippen LogP contribution in [0.1, 0.15) is 30.4 Å². The zero-order valence-corrected chi connectivity index (χ0v) is 14.9. The normalized spacial score (nSPS) is 23.2. The molecule has 1 aromatic carbocycles. The number of amides is 1. The van der Waals surface area contributed by atoms with Gasteiger partial charge in [0.2, 0.25) is 5.91 Å². The fraction of sp³-hybridized carbons (Fsp3) is 0.588. The highest BCUT2D eigenvalue weighted by Gasteiger charge is 2.41. The van der Waals surface area contributed by atoms with Crippen LogP contribution in [0.5, 0.6) is 0 Å². The molecule has 0 aromatic heterocycles. The van der Waals surface area contributed by atoms with E-state index >= 15 is 0 Å². The van der Waals surface area contributed by atoms with E-state index in [2.05, 4.69) is 16.0 Å². The Kier molecular flexibility index (Phi) is 5.16. The molecule has 2 fully saturated rings. The number of carbonyl (C=O) groups excluding carboxylic acids is 1. The molecule has 4 nitrogen and oxygen atoms in total. The summed E-state index contributed by atoms with van der Waals surface area (Å²) in [5.41, 5.74) is 2.22. The molecular formula is C17H23Cl2N3O. The SMILES string of the molecule is Cc1cc(Cl)cc(Cl)c1CNC(=O)[C@H]1CC2(CCNCC2)CN1. The molecule has 126 valence electrons. The first-order chi connectivity index (χ1) is 11.0.